The summed E-state index contributed by atoms with van der Waals surface area (Å²) in [6, 6.07) is 14.8. The third-order valence-corrected chi connectivity index (χ3v) is 3.45. The highest BCUT2D eigenvalue weighted by Crippen LogP contribution is 2.11. The maximum atomic E-state index is 10.7. The highest BCUT2D eigenvalue weighted by molar-refractivity contribution is 5.79. The van der Waals surface area contributed by atoms with Gasteiger partial charge in [-0.15, -0.1) is 0 Å². The smallest absolute Gasteiger partial charge is 0.269 e. The van der Waals surface area contributed by atoms with Gasteiger partial charge in [0.05, 0.1) is 11.5 Å². The van der Waals surface area contributed by atoms with Crippen molar-refractivity contribution in [1.29, 1.82) is 0 Å². The normalized spacial score (nSPS) is 11.2. The minimum Gasteiger partial charge on any atom is -0.357 e. The third-order valence-electron chi connectivity index (χ3n) is 3.45. The molecule has 6 heteroatoms. The fourth-order valence-electron chi connectivity index (χ4n) is 2.24. The lowest BCUT2D eigenvalue weighted by Gasteiger charge is -2.11. The molecule has 0 saturated heterocycles. The van der Waals surface area contributed by atoms with Crippen LogP contribution in [0.15, 0.2) is 53.5 Å². The summed E-state index contributed by atoms with van der Waals surface area (Å²) < 4.78 is 0. The van der Waals surface area contributed by atoms with Crippen molar-refractivity contribution in [2.75, 3.05) is 6.54 Å². The number of aryl methyl sites for hydroxylation is 1. The van der Waals surface area contributed by atoms with Gasteiger partial charge in [-0.25, -0.2) is 4.99 Å². The minimum absolute atomic E-state index is 0.0961. The number of nitrogens with one attached hydrogen (secondary N) is 2. The van der Waals surface area contributed by atoms with E-state index in [4.69, 9.17) is 0 Å². The fraction of sp³-hybridized carbons (Fsp3) is 0.278. The standard InChI is InChI=1S/C18H22N4O2/c1-3-19-18(21-13-16-6-4-5-14(2)11-16)20-12-15-7-9-17(10-8-15)22(23)24/h4-11H,3,12-13H2,1-2H3,(H2,19,20,21). The van der Waals surface area contributed by atoms with E-state index in [0.29, 0.717) is 13.1 Å². The molecular weight excluding hydrogens is 304 g/mol. The molecule has 0 fully saturated rings. The van der Waals surface area contributed by atoms with E-state index < -0.39 is 4.92 Å². The van der Waals surface area contributed by atoms with Crippen LogP contribution < -0.4 is 10.6 Å². The highest BCUT2D eigenvalue weighted by atomic mass is 16.6. The van der Waals surface area contributed by atoms with Crippen LogP contribution in [0.5, 0.6) is 0 Å². The van der Waals surface area contributed by atoms with Crippen LogP contribution in [-0.4, -0.2) is 17.4 Å². The highest BCUT2D eigenvalue weighted by Gasteiger charge is 2.04. The van der Waals surface area contributed by atoms with Crippen molar-refractivity contribution in [1.82, 2.24) is 10.6 Å². The number of nitro groups is 1. The van der Waals surface area contributed by atoms with Gasteiger partial charge >= 0.3 is 0 Å². The van der Waals surface area contributed by atoms with Crippen LogP contribution in [0.3, 0.4) is 0 Å². The zero-order chi connectivity index (χ0) is 17.4. The molecule has 2 aromatic carbocycles. The molecule has 126 valence electrons. The van der Waals surface area contributed by atoms with Gasteiger partial charge in [-0.05, 0) is 25.0 Å². The second-order valence-corrected chi connectivity index (χ2v) is 5.46. The Morgan fingerprint density at radius 1 is 1.12 bits per heavy atom. The molecular formula is C18H22N4O2. The number of hydrogen-bond acceptors (Lipinski definition) is 3. The van der Waals surface area contributed by atoms with Gasteiger partial charge in [0, 0.05) is 25.2 Å². The molecule has 0 aromatic heterocycles. The van der Waals surface area contributed by atoms with Crippen LogP contribution in [0.2, 0.25) is 0 Å². The molecule has 0 aliphatic carbocycles. The largest absolute Gasteiger partial charge is 0.357 e. The molecule has 2 N–H and O–H groups in total. The van der Waals surface area contributed by atoms with Crippen LogP contribution in [0.25, 0.3) is 0 Å². The summed E-state index contributed by atoms with van der Waals surface area (Å²) in [5.41, 5.74) is 3.43. The Balaban J connectivity index is 1.97. The van der Waals surface area contributed by atoms with E-state index in [2.05, 4.69) is 40.7 Å². The first-order valence-electron chi connectivity index (χ1n) is 7.89. The van der Waals surface area contributed by atoms with E-state index >= 15 is 0 Å². The Morgan fingerprint density at radius 3 is 2.50 bits per heavy atom. The quantitative estimate of drug-likeness (QED) is 0.370. The molecule has 0 amide bonds. The van der Waals surface area contributed by atoms with Gasteiger partial charge in [0.25, 0.3) is 5.69 Å². The molecule has 0 radical (unpaired) electrons. The van der Waals surface area contributed by atoms with Crippen molar-refractivity contribution in [2.24, 2.45) is 4.99 Å². The Morgan fingerprint density at radius 2 is 1.88 bits per heavy atom. The number of non-ortho nitro benzene ring substituents is 1. The van der Waals surface area contributed by atoms with Crippen LogP contribution in [0.1, 0.15) is 23.6 Å². The SMILES string of the molecule is CCNC(=NCc1cccc(C)c1)NCc1ccc([N+](=O)[O-])cc1. The zero-order valence-electron chi connectivity index (χ0n) is 14.0. The van der Waals surface area contributed by atoms with Crippen LogP contribution >= 0.6 is 0 Å². The Kier molecular flexibility index (Phi) is 6.31. The molecule has 0 aliphatic heterocycles. The van der Waals surface area contributed by atoms with E-state index in [9.17, 15) is 10.1 Å². The lowest BCUT2D eigenvalue weighted by Crippen LogP contribution is -2.36. The monoisotopic (exact) mass is 326 g/mol. The second kappa shape index (κ2) is 8.67. The number of guanidine groups is 1. The Labute approximate surface area is 141 Å². The number of rotatable bonds is 6. The number of benzene rings is 2. The fourth-order valence-corrected chi connectivity index (χ4v) is 2.24. The van der Waals surface area contributed by atoms with Crippen LogP contribution in [0.4, 0.5) is 5.69 Å². The zero-order valence-corrected chi connectivity index (χ0v) is 14.0. The molecule has 0 saturated carbocycles. The summed E-state index contributed by atoms with van der Waals surface area (Å²) in [5, 5.41) is 17.1. The van der Waals surface area contributed by atoms with Crippen molar-refractivity contribution < 1.29 is 4.92 Å². The molecule has 0 atom stereocenters. The third kappa shape index (κ3) is 5.39. The summed E-state index contributed by atoms with van der Waals surface area (Å²) >= 11 is 0. The summed E-state index contributed by atoms with van der Waals surface area (Å²) in [4.78, 5) is 14.8. The van der Waals surface area contributed by atoms with Gasteiger partial charge in [-0.1, -0.05) is 42.0 Å². The number of nitro benzene ring substituents is 1. The summed E-state index contributed by atoms with van der Waals surface area (Å²) in [7, 11) is 0. The Bertz CT molecular complexity index is 711. The molecule has 0 aliphatic rings. The predicted octanol–water partition coefficient (Wildman–Crippen LogP) is 3.16. The summed E-state index contributed by atoms with van der Waals surface area (Å²) in [5.74, 6) is 0.720. The summed E-state index contributed by atoms with van der Waals surface area (Å²) in [6.45, 7) is 5.98. The van der Waals surface area contributed by atoms with Crippen molar-refractivity contribution >= 4 is 11.6 Å². The van der Waals surface area contributed by atoms with Gasteiger partial charge in [-0.3, -0.25) is 10.1 Å². The molecule has 2 rings (SSSR count). The molecule has 6 nitrogen and oxygen atoms in total. The van der Waals surface area contributed by atoms with E-state index in [1.165, 1.54) is 17.7 Å². The lowest BCUT2D eigenvalue weighted by molar-refractivity contribution is -0.384. The van der Waals surface area contributed by atoms with E-state index in [-0.39, 0.29) is 5.69 Å². The van der Waals surface area contributed by atoms with Crippen molar-refractivity contribution in [3.63, 3.8) is 0 Å². The van der Waals surface area contributed by atoms with Gasteiger partial charge in [0.2, 0.25) is 0 Å². The summed E-state index contributed by atoms with van der Waals surface area (Å²) in [6.07, 6.45) is 0. The molecule has 0 heterocycles. The van der Waals surface area contributed by atoms with Gasteiger partial charge in [0.15, 0.2) is 5.96 Å². The molecule has 0 spiro atoms. The van der Waals surface area contributed by atoms with Crippen molar-refractivity contribution in [2.45, 2.75) is 26.9 Å². The second-order valence-electron chi connectivity index (χ2n) is 5.46. The first-order valence-corrected chi connectivity index (χ1v) is 7.89. The molecule has 2 aromatic rings. The molecule has 0 unspecified atom stereocenters. The van der Waals surface area contributed by atoms with Crippen LogP contribution in [0, 0.1) is 17.0 Å². The molecule has 0 bridgehead atoms. The topological polar surface area (TPSA) is 79.6 Å². The minimum atomic E-state index is -0.398. The van der Waals surface area contributed by atoms with Crippen molar-refractivity contribution in [3.05, 3.63) is 75.3 Å². The van der Waals surface area contributed by atoms with E-state index in [1.807, 2.05) is 13.0 Å². The van der Waals surface area contributed by atoms with Gasteiger partial charge < -0.3 is 10.6 Å². The maximum Gasteiger partial charge on any atom is 0.269 e. The first kappa shape index (κ1) is 17.5. The van der Waals surface area contributed by atoms with E-state index in [1.54, 1.807) is 12.1 Å². The average Bonchev–Trinajstić information content (AvgIpc) is 2.58. The maximum absolute atomic E-state index is 10.7. The van der Waals surface area contributed by atoms with E-state index in [0.717, 1.165) is 23.6 Å². The van der Waals surface area contributed by atoms with Gasteiger partial charge in [0.1, 0.15) is 0 Å². The first-order chi connectivity index (χ1) is 11.6. The predicted molar refractivity (Wildman–Crippen MR) is 95.9 cm³/mol. The Hall–Kier alpha value is -2.89. The molecule has 24 heavy (non-hydrogen) atoms. The number of hydrogen-bond donors (Lipinski definition) is 2. The average molecular weight is 326 g/mol. The van der Waals surface area contributed by atoms with Crippen molar-refractivity contribution in [3.8, 4) is 0 Å². The van der Waals surface area contributed by atoms with Crippen LogP contribution in [-0.2, 0) is 13.1 Å². The van der Waals surface area contributed by atoms with Gasteiger partial charge in [-0.2, -0.15) is 0 Å². The lowest BCUT2D eigenvalue weighted by atomic mass is 10.1. The number of nitrogens with zero attached hydrogens (tertiary/aromatic N) is 2. The number of aliphatic imine (C=N–C) groups is 1.